The van der Waals surface area contributed by atoms with Crippen LogP contribution in [0.2, 0.25) is 0 Å². The molecular formula is C19H19N3O3. The fourth-order valence-electron chi connectivity index (χ4n) is 2.28. The molecule has 0 saturated heterocycles. The Bertz CT molecular complexity index is 808. The summed E-state index contributed by atoms with van der Waals surface area (Å²) in [6.07, 6.45) is 0. The van der Waals surface area contributed by atoms with Gasteiger partial charge in [-0.05, 0) is 49.4 Å². The number of rotatable bonds is 7. The average Bonchev–Trinajstić information content (AvgIpc) is 2.64. The first-order chi connectivity index (χ1) is 12.0. The lowest BCUT2D eigenvalue weighted by molar-refractivity contribution is 0.0953. The van der Waals surface area contributed by atoms with Crippen molar-refractivity contribution in [2.75, 3.05) is 25.5 Å². The number of carbonyl (C=O) groups is 2. The Morgan fingerprint density at radius 2 is 1.84 bits per heavy atom. The average molecular weight is 337 g/mol. The number of benzene rings is 2. The first-order valence-corrected chi connectivity index (χ1v) is 7.76. The largest absolute Gasteiger partial charge is 0.497 e. The lowest BCUT2D eigenvalue weighted by Crippen LogP contribution is -2.29. The van der Waals surface area contributed by atoms with Crippen LogP contribution in [0.3, 0.4) is 0 Å². The summed E-state index contributed by atoms with van der Waals surface area (Å²) in [5, 5.41) is 14.9. The van der Waals surface area contributed by atoms with Crippen LogP contribution in [0.1, 0.15) is 33.2 Å². The van der Waals surface area contributed by atoms with Crippen molar-refractivity contribution < 1.29 is 14.3 Å². The highest BCUT2D eigenvalue weighted by atomic mass is 16.5. The molecule has 0 aliphatic carbocycles. The van der Waals surface area contributed by atoms with Crippen molar-refractivity contribution in [3.05, 3.63) is 59.2 Å². The van der Waals surface area contributed by atoms with Gasteiger partial charge in [0.2, 0.25) is 0 Å². The van der Waals surface area contributed by atoms with Crippen LogP contribution in [0.4, 0.5) is 5.69 Å². The lowest BCUT2D eigenvalue weighted by atomic mass is 10.1. The third-order valence-corrected chi connectivity index (χ3v) is 3.61. The number of amides is 1. The van der Waals surface area contributed by atoms with Gasteiger partial charge in [0.15, 0.2) is 5.78 Å². The van der Waals surface area contributed by atoms with Crippen molar-refractivity contribution in [1.29, 1.82) is 5.26 Å². The molecule has 0 spiro atoms. The Morgan fingerprint density at radius 3 is 2.44 bits per heavy atom. The molecule has 25 heavy (non-hydrogen) atoms. The van der Waals surface area contributed by atoms with Gasteiger partial charge in [-0.2, -0.15) is 5.26 Å². The standard InChI is InChI=1S/C19H19N3O3/c1-13(23)17-8-3-14(12-20)11-18(17)21-9-10-22-19(24)15-4-6-16(25-2)7-5-15/h3-8,11,21H,9-10H2,1-2H3,(H,22,24). The summed E-state index contributed by atoms with van der Waals surface area (Å²) in [6.45, 7) is 2.27. The minimum atomic E-state index is -0.193. The number of ketones is 1. The zero-order chi connectivity index (χ0) is 18.2. The molecule has 2 aromatic rings. The Morgan fingerprint density at radius 1 is 1.12 bits per heavy atom. The molecular weight excluding hydrogens is 318 g/mol. The molecule has 0 bridgehead atoms. The van der Waals surface area contributed by atoms with Crippen LogP contribution in [0.25, 0.3) is 0 Å². The van der Waals surface area contributed by atoms with Crippen LogP contribution in [0.5, 0.6) is 5.75 Å². The van der Waals surface area contributed by atoms with Gasteiger partial charge in [-0.3, -0.25) is 9.59 Å². The maximum Gasteiger partial charge on any atom is 0.251 e. The summed E-state index contributed by atoms with van der Waals surface area (Å²) in [7, 11) is 1.57. The molecule has 0 fully saturated rings. The first kappa shape index (κ1) is 18.0. The molecule has 0 radical (unpaired) electrons. The number of hydrogen-bond donors (Lipinski definition) is 2. The quantitative estimate of drug-likeness (QED) is 0.598. The van der Waals surface area contributed by atoms with E-state index in [4.69, 9.17) is 10.00 Å². The maximum atomic E-state index is 12.1. The number of anilines is 1. The molecule has 6 nitrogen and oxygen atoms in total. The normalized spacial score (nSPS) is 9.80. The molecule has 0 atom stereocenters. The van der Waals surface area contributed by atoms with E-state index in [2.05, 4.69) is 10.6 Å². The first-order valence-electron chi connectivity index (χ1n) is 7.76. The Labute approximate surface area is 146 Å². The van der Waals surface area contributed by atoms with Gasteiger partial charge in [-0.25, -0.2) is 0 Å². The molecule has 2 aromatic carbocycles. The highest BCUT2D eigenvalue weighted by molar-refractivity contribution is 5.99. The van der Waals surface area contributed by atoms with Crippen molar-refractivity contribution in [2.45, 2.75) is 6.92 Å². The van der Waals surface area contributed by atoms with E-state index in [1.807, 2.05) is 6.07 Å². The molecule has 0 heterocycles. The van der Waals surface area contributed by atoms with Crippen molar-refractivity contribution in [3.8, 4) is 11.8 Å². The van der Waals surface area contributed by atoms with E-state index in [1.54, 1.807) is 49.6 Å². The predicted molar refractivity (Wildman–Crippen MR) is 95.0 cm³/mol. The second-order valence-electron chi connectivity index (χ2n) is 5.34. The van der Waals surface area contributed by atoms with Crippen LogP contribution >= 0.6 is 0 Å². The second kappa shape index (κ2) is 8.50. The highest BCUT2D eigenvalue weighted by Crippen LogP contribution is 2.18. The summed E-state index contributed by atoms with van der Waals surface area (Å²) in [4.78, 5) is 23.7. The molecule has 2 rings (SSSR count). The number of hydrogen-bond acceptors (Lipinski definition) is 5. The minimum Gasteiger partial charge on any atom is -0.497 e. The second-order valence-corrected chi connectivity index (χ2v) is 5.34. The molecule has 0 saturated carbocycles. The van der Waals surface area contributed by atoms with Gasteiger partial charge in [0.05, 0.1) is 18.7 Å². The van der Waals surface area contributed by atoms with Gasteiger partial charge >= 0.3 is 0 Å². The van der Waals surface area contributed by atoms with Crippen LogP contribution in [-0.4, -0.2) is 31.9 Å². The van der Waals surface area contributed by atoms with E-state index in [0.717, 1.165) is 0 Å². The smallest absolute Gasteiger partial charge is 0.251 e. The summed E-state index contributed by atoms with van der Waals surface area (Å²) in [5.41, 5.74) is 2.11. The van der Waals surface area contributed by atoms with Gasteiger partial charge in [-0.1, -0.05) is 0 Å². The fraction of sp³-hybridized carbons (Fsp3) is 0.211. The van der Waals surface area contributed by atoms with Crippen LogP contribution in [0, 0.1) is 11.3 Å². The molecule has 0 unspecified atom stereocenters. The van der Waals surface area contributed by atoms with E-state index in [-0.39, 0.29) is 11.7 Å². The Balaban J connectivity index is 1.91. The number of nitrogens with zero attached hydrogens (tertiary/aromatic N) is 1. The Kier molecular flexibility index (Phi) is 6.13. The number of ether oxygens (including phenoxy) is 1. The van der Waals surface area contributed by atoms with Crippen molar-refractivity contribution in [2.24, 2.45) is 0 Å². The number of methoxy groups -OCH3 is 1. The SMILES string of the molecule is COc1ccc(C(=O)NCCNc2cc(C#N)ccc2C(C)=O)cc1. The molecule has 2 N–H and O–H groups in total. The lowest BCUT2D eigenvalue weighted by Gasteiger charge is -2.11. The number of Topliss-reactive ketones (excluding diaryl/α,β-unsaturated/α-hetero) is 1. The molecule has 6 heteroatoms. The zero-order valence-corrected chi connectivity index (χ0v) is 14.1. The van der Waals surface area contributed by atoms with Crippen LogP contribution in [0.15, 0.2) is 42.5 Å². The number of carbonyl (C=O) groups excluding carboxylic acids is 2. The van der Waals surface area contributed by atoms with Gasteiger partial charge < -0.3 is 15.4 Å². The van der Waals surface area contributed by atoms with Crippen LogP contribution in [-0.2, 0) is 0 Å². The van der Waals surface area contributed by atoms with Crippen LogP contribution < -0.4 is 15.4 Å². The van der Waals surface area contributed by atoms with E-state index >= 15 is 0 Å². The van der Waals surface area contributed by atoms with E-state index in [9.17, 15) is 9.59 Å². The fourth-order valence-corrected chi connectivity index (χ4v) is 2.28. The molecule has 1 amide bonds. The maximum absolute atomic E-state index is 12.1. The minimum absolute atomic E-state index is 0.0886. The molecule has 128 valence electrons. The van der Waals surface area contributed by atoms with Gasteiger partial charge in [0, 0.05) is 29.9 Å². The molecule has 0 aromatic heterocycles. The topological polar surface area (TPSA) is 91.2 Å². The number of nitrogens with one attached hydrogen (secondary N) is 2. The molecule has 0 aliphatic rings. The van der Waals surface area contributed by atoms with Crippen molar-refractivity contribution >= 4 is 17.4 Å². The van der Waals surface area contributed by atoms with E-state index in [1.165, 1.54) is 6.92 Å². The third kappa shape index (κ3) is 4.82. The highest BCUT2D eigenvalue weighted by Gasteiger charge is 2.09. The molecule has 0 aliphatic heterocycles. The number of nitriles is 1. The third-order valence-electron chi connectivity index (χ3n) is 3.61. The monoisotopic (exact) mass is 337 g/mol. The van der Waals surface area contributed by atoms with E-state index < -0.39 is 0 Å². The summed E-state index contributed by atoms with van der Waals surface area (Å²) < 4.78 is 5.05. The van der Waals surface area contributed by atoms with Gasteiger partial charge in [0.1, 0.15) is 5.75 Å². The zero-order valence-electron chi connectivity index (χ0n) is 14.1. The predicted octanol–water partition coefficient (Wildman–Crippen LogP) is 2.61. The van der Waals surface area contributed by atoms with E-state index in [0.29, 0.717) is 41.2 Å². The van der Waals surface area contributed by atoms with Crippen molar-refractivity contribution in [3.63, 3.8) is 0 Å². The summed E-state index contributed by atoms with van der Waals surface area (Å²) in [6, 6.07) is 13.7. The summed E-state index contributed by atoms with van der Waals surface area (Å²) >= 11 is 0. The Hall–Kier alpha value is -3.33. The van der Waals surface area contributed by atoms with Gasteiger partial charge in [0.25, 0.3) is 5.91 Å². The van der Waals surface area contributed by atoms with Crippen molar-refractivity contribution in [1.82, 2.24) is 5.32 Å². The summed E-state index contributed by atoms with van der Waals surface area (Å²) in [5.74, 6) is 0.406. The van der Waals surface area contributed by atoms with Gasteiger partial charge in [-0.15, -0.1) is 0 Å².